The van der Waals surface area contributed by atoms with Gasteiger partial charge < -0.3 is 25.2 Å². The predicted octanol–water partition coefficient (Wildman–Crippen LogP) is 6.44. The molecule has 1 unspecified atom stereocenters. The normalized spacial score (nSPS) is 16.7. The molecule has 3 N–H and O–H groups in total. The third kappa shape index (κ3) is 7.25. The first-order valence-electron chi connectivity index (χ1n) is 16.3. The van der Waals surface area contributed by atoms with E-state index in [0.717, 1.165) is 15.6 Å². The largest absolute Gasteiger partial charge is 0.497 e. The molecular weight excluding hydrogens is 698 g/mol. The SMILES string of the molecule is COc1ccc(C(=O)Nc2ccc(CN3C(=O)[C@](O)([C@H](C)/C=C/CCn4cc(C(CO)c5ccccc5)nn4)c4cc(Br)ccc43)cc2)cc1. The Morgan fingerprint density at radius 3 is 2.48 bits per heavy atom. The van der Waals surface area contributed by atoms with Crippen LogP contribution in [0.15, 0.2) is 120 Å². The number of rotatable bonds is 13. The fourth-order valence-electron chi connectivity index (χ4n) is 6.18. The molecule has 6 rings (SSSR count). The number of carbonyl (C=O) groups excluding carboxylic acids is 2. The molecule has 10 nitrogen and oxygen atoms in total. The summed E-state index contributed by atoms with van der Waals surface area (Å²) in [5, 5.41) is 33.5. The van der Waals surface area contributed by atoms with Crippen molar-refractivity contribution in [2.75, 3.05) is 23.9 Å². The van der Waals surface area contributed by atoms with Crippen molar-refractivity contribution in [1.29, 1.82) is 0 Å². The van der Waals surface area contributed by atoms with E-state index in [1.54, 1.807) is 59.2 Å². The van der Waals surface area contributed by atoms with Gasteiger partial charge >= 0.3 is 0 Å². The lowest BCUT2D eigenvalue weighted by atomic mass is 9.83. The van der Waals surface area contributed by atoms with Crippen LogP contribution in [-0.2, 0) is 23.5 Å². The maximum absolute atomic E-state index is 14.0. The molecule has 1 aliphatic heterocycles. The van der Waals surface area contributed by atoms with Gasteiger partial charge in [-0.3, -0.25) is 14.3 Å². The monoisotopic (exact) mass is 735 g/mol. The number of aliphatic hydroxyl groups excluding tert-OH is 1. The molecule has 5 aromatic rings. The first-order valence-corrected chi connectivity index (χ1v) is 17.1. The highest BCUT2D eigenvalue weighted by Crippen LogP contribution is 2.46. The number of nitrogens with one attached hydrogen (secondary N) is 1. The van der Waals surface area contributed by atoms with Gasteiger partial charge in [-0.2, -0.15) is 0 Å². The van der Waals surface area contributed by atoms with Gasteiger partial charge in [0.15, 0.2) is 5.60 Å². The highest BCUT2D eigenvalue weighted by molar-refractivity contribution is 9.10. The maximum atomic E-state index is 14.0. The van der Waals surface area contributed by atoms with E-state index in [2.05, 4.69) is 31.6 Å². The number of aromatic nitrogens is 3. The van der Waals surface area contributed by atoms with E-state index in [-0.39, 0.29) is 25.0 Å². The minimum Gasteiger partial charge on any atom is -0.497 e. The molecule has 3 atom stereocenters. The number of aliphatic hydroxyl groups is 2. The Balaban J connectivity index is 1.11. The van der Waals surface area contributed by atoms with Gasteiger partial charge in [0.25, 0.3) is 11.8 Å². The number of halogens is 1. The number of carbonyl (C=O) groups is 2. The highest BCUT2D eigenvalue weighted by atomic mass is 79.9. The number of allylic oxidation sites excluding steroid dienone is 1. The molecule has 0 aliphatic carbocycles. The number of methoxy groups -OCH3 is 1. The molecule has 2 amide bonds. The summed E-state index contributed by atoms with van der Waals surface area (Å²) >= 11 is 3.51. The molecule has 0 radical (unpaired) electrons. The quantitative estimate of drug-likeness (QED) is 0.119. The molecule has 0 spiro atoms. The fourth-order valence-corrected chi connectivity index (χ4v) is 6.54. The van der Waals surface area contributed by atoms with Crippen LogP contribution in [0.1, 0.15) is 52.0 Å². The lowest BCUT2D eigenvalue weighted by Gasteiger charge is -2.27. The van der Waals surface area contributed by atoms with Crippen molar-refractivity contribution in [3.63, 3.8) is 0 Å². The number of hydrogen-bond donors (Lipinski definition) is 3. The van der Waals surface area contributed by atoms with Crippen LogP contribution in [-0.4, -0.2) is 50.7 Å². The van der Waals surface area contributed by atoms with Gasteiger partial charge in [-0.1, -0.05) is 82.7 Å². The first-order chi connectivity index (χ1) is 24.2. The molecule has 0 saturated heterocycles. The van der Waals surface area contributed by atoms with Gasteiger partial charge in [-0.25, -0.2) is 0 Å². The van der Waals surface area contributed by atoms with E-state index in [1.807, 2.05) is 79.9 Å². The molecule has 50 heavy (non-hydrogen) atoms. The number of nitrogens with zero attached hydrogens (tertiary/aromatic N) is 4. The average Bonchev–Trinajstić information content (AvgIpc) is 3.69. The molecule has 11 heteroatoms. The smallest absolute Gasteiger partial charge is 0.264 e. The van der Waals surface area contributed by atoms with Crippen LogP contribution in [0.4, 0.5) is 11.4 Å². The number of ether oxygens (including phenoxy) is 1. The fraction of sp³-hybridized carbons (Fsp3) is 0.231. The summed E-state index contributed by atoms with van der Waals surface area (Å²) in [5.74, 6) is -0.771. The van der Waals surface area contributed by atoms with E-state index >= 15 is 0 Å². The number of benzene rings is 4. The van der Waals surface area contributed by atoms with Crippen molar-refractivity contribution in [2.24, 2.45) is 5.92 Å². The van der Waals surface area contributed by atoms with E-state index in [9.17, 15) is 19.8 Å². The Labute approximate surface area is 299 Å². The van der Waals surface area contributed by atoms with Crippen LogP contribution >= 0.6 is 15.9 Å². The Kier molecular flexibility index (Phi) is 10.6. The standard InChI is InChI=1S/C39H38BrN5O5/c1-26(8-6-7-21-44-24-35(42-43-44)33(25-46)28-9-4-3-5-10-28)39(49)34-22-30(40)15-20-36(34)45(38(39)48)23-27-11-16-31(17-12-27)41-37(47)29-13-18-32(50-2)19-14-29/h3-6,8-20,22,24,26,33,46,49H,7,21,23,25H2,1-2H3,(H,41,47)/b8-6+/t26-,33?,39+/m1/s1. The first kappa shape index (κ1) is 34.8. The van der Waals surface area contributed by atoms with E-state index in [0.29, 0.717) is 46.9 Å². The number of anilines is 2. The van der Waals surface area contributed by atoms with Crippen LogP contribution in [0.25, 0.3) is 0 Å². The summed E-state index contributed by atoms with van der Waals surface area (Å²) < 4.78 is 7.65. The minimum atomic E-state index is -1.77. The number of fused-ring (bicyclic) bond motifs is 1. The summed E-state index contributed by atoms with van der Waals surface area (Å²) in [6.45, 7) is 2.55. The van der Waals surface area contributed by atoms with Crippen molar-refractivity contribution >= 4 is 39.1 Å². The van der Waals surface area contributed by atoms with E-state index < -0.39 is 17.4 Å². The topological polar surface area (TPSA) is 130 Å². The second-order valence-corrected chi connectivity index (χ2v) is 13.2. The molecule has 256 valence electrons. The van der Waals surface area contributed by atoms with Gasteiger partial charge in [0, 0.05) is 39.9 Å². The van der Waals surface area contributed by atoms with Gasteiger partial charge in [0.1, 0.15) is 5.75 Å². The highest BCUT2D eigenvalue weighted by Gasteiger charge is 2.52. The zero-order chi connectivity index (χ0) is 35.3. The van der Waals surface area contributed by atoms with Crippen LogP contribution in [0.2, 0.25) is 0 Å². The summed E-state index contributed by atoms with van der Waals surface area (Å²) in [4.78, 5) is 28.4. The molecule has 1 aromatic heterocycles. The van der Waals surface area contributed by atoms with E-state index in [1.165, 1.54) is 0 Å². The minimum absolute atomic E-state index is 0.0732. The van der Waals surface area contributed by atoms with Crippen molar-refractivity contribution in [3.05, 3.63) is 148 Å². The third-order valence-corrected chi connectivity index (χ3v) is 9.54. The number of hydrogen-bond acceptors (Lipinski definition) is 7. The molecule has 0 fully saturated rings. The van der Waals surface area contributed by atoms with E-state index in [4.69, 9.17) is 4.74 Å². The lowest BCUT2D eigenvalue weighted by Crippen LogP contribution is -2.44. The molecule has 1 aliphatic rings. The van der Waals surface area contributed by atoms with Crippen LogP contribution in [0.3, 0.4) is 0 Å². The van der Waals surface area contributed by atoms with Crippen LogP contribution in [0, 0.1) is 5.92 Å². The summed E-state index contributed by atoms with van der Waals surface area (Å²) in [7, 11) is 1.57. The average molecular weight is 737 g/mol. The molecule has 2 heterocycles. The molecular formula is C39H38BrN5O5. The van der Waals surface area contributed by atoms with Crippen molar-refractivity contribution < 1.29 is 24.5 Å². The second-order valence-electron chi connectivity index (χ2n) is 12.3. The number of amides is 2. The zero-order valence-electron chi connectivity index (χ0n) is 27.7. The van der Waals surface area contributed by atoms with Crippen molar-refractivity contribution in [1.82, 2.24) is 15.0 Å². The van der Waals surface area contributed by atoms with Crippen LogP contribution < -0.4 is 15.0 Å². The van der Waals surface area contributed by atoms with Crippen molar-refractivity contribution in [2.45, 2.75) is 38.0 Å². The Morgan fingerprint density at radius 2 is 1.78 bits per heavy atom. The molecule has 0 saturated carbocycles. The van der Waals surface area contributed by atoms with Gasteiger partial charge in [0.2, 0.25) is 0 Å². The van der Waals surface area contributed by atoms with Crippen molar-refractivity contribution in [3.8, 4) is 5.75 Å². The summed E-state index contributed by atoms with van der Waals surface area (Å²) in [6.07, 6.45) is 6.25. The lowest BCUT2D eigenvalue weighted by molar-refractivity contribution is -0.139. The molecule has 0 bridgehead atoms. The summed E-state index contributed by atoms with van der Waals surface area (Å²) in [6, 6.07) is 29.4. The number of aryl methyl sites for hydroxylation is 1. The third-order valence-electron chi connectivity index (χ3n) is 9.04. The maximum Gasteiger partial charge on any atom is 0.264 e. The summed E-state index contributed by atoms with van der Waals surface area (Å²) in [5.41, 5.74) is 3.03. The molecule has 4 aromatic carbocycles. The van der Waals surface area contributed by atoms with Gasteiger partial charge in [-0.15, -0.1) is 5.10 Å². The Hall–Kier alpha value is -5.10. The second kappa shape index (κ2) is 15.2. The van der Waals surface area contributed by atoms with Gasteiger partial charge in [0.05, 0.1) is 37.6 Å². The predicted molar refractivity (Wildman–Crippen MR) is 195 cm³/mol. The zero-order valence-corrected chi connectivity index (χ0v) is 29.3. The van der Waals surface area contributed by atoms with Gasteiger partial charge in [-0.05, 0) is 72.1 Å². The Morgan fingerprint density at radius 1 is 1.04 bits per heavy atom. The Bertz CT molecular complexity index is 1980. The van der Waals surface area contributed by atoms with Crippen LogP contribution in [0.5, 0.6) is 5.75 Å².